The minimum atomic E-state index is -0.375. The lowest BCUT2D eigenvalue weighted by Gasteiger charge is -2.28. The Bertz CT molecular complexity index is 636. The van der Waals surface area contributed by atoms with Crippen LogP contribution < -0.4 is 10.6 Å². The molecule has 100 valence electrons. The molecule has 0 spiro atoms. The Morgan fingerprint density at radius 2 is 2.16 bits per heavy atom. The van der Waals surface area contributed by atoms with Gasteiger partial charge in [-0.3, -0.25) is 10.1 Å². The molecule has 1 aromatic carbocycles. The van der Waals surface area contributed by atoms with Gasteiger partial charge in [-0.2, -0.15) is 0 Å². The van der Waals surface area contributed by atoms with Crippen molar-refractivity contribution in [2.24, 2.45) is 0 Å². The topological polar surface area (TPSA) is 94.5 Å². The van der Waals surface area contributed by atoms with Crippen LogP contribution in [0.4, 0.5) is 16.5 Å². The third kappa shape index (κ3) is 2.20. The lowest BCUT2D eigenvalue weighted by molar-refractivity contribution is -0.384. The highest BCUT2D eigenvalue weighted by Gasteiger charge is 2.23. The summed E-state index contributed by atoms with van der Waals surface area (Å²) in [6.45, 7) is 2.47. The van der Waals surface area contributed by atoms with Crippen molar-refractivity contribution in [2.75, 3.05) is 36.9 Å². The van der Waals surface area contributed by atoms with Crippen LogP contribution in [0.3, 0.4) is 0 Å². The van der Waals surface area contributed by atoms with Crippen molar-refractivity contribution in [1.82, 2.24) is 4.98 Å². The molecule has 0 radical (unpaired) electrons. The smallest absolute Gasteiger partial charge is 0.294 e. The molecule has 1 aliphatic heterocycles. The third-order valence-electron chi connectivity index (χ3n) is 3.05. The Kier molecular flexibility index (Phi) is 2.96. The molecule has 1 fully saturated rings. The molecule has 2 aromatic rings. The van der Waals surface area contributed by atoms with E-state index >= 15 is 0 Å². The largest absolute Gasteiger partial charge is 0.378 e. The van der Waals surface area contributed by atoms with Gasteiger partial charge in [0.2, 0.25) is 0 Å². The van der Waals surface area contributed by atoms with Crippen molar-refractivity contribution in [3.8, 4) is 0 Å². The Labute approximate surface area is 112 Å². The highest BCUT2D eigenvalue weighted by atomic mass is 32.1. The molecule has 0 amide bonds. The minimum Gasteiger partial charge on any atom is -0.378 e. The first-order valence-electron chi connectivity index (χ1n) is 5.82. The van der Waals surface area contributed by atoms with E-state index in [9.17, 15) is 10.1 Å². The molecular weight excluding hydrogens is 268 g/mol. The third-order valence-corrected chi connectivity index (χ3v) is 3.90. The van der Waals surface area contributed by atoms with E-state index in [2.05, 4.69) is 4.98 Å². The number of aromatic nitrogens is 1. The number of benzene rings is 1. The first kappa shape index (κ1) is 12.1. The average molecular weight is 280 g/mol. The Hall–Kier alpha value is -1.93. The van der Waals surface area contributed by atoms with Crippen molar-refractivity contribution in [3.63, 3.8) is 0 Å². The highest BCUT2D eigenvalue weighted by Crippen LogP contribution is 2.36. The number of hydrogen-bond donors (Lipinski definition) is 1. The Balaban J connectivity index is 2.13. The number of morpholine rings is 1. The van der Waals surface area contributed by atoms with Gasteiger partial charge in [0.15, 0.2) is 5.13 Å². The van der Waals surface area contributed by atoms with Gasteiger partial charge in [-0.25, -0.2) is 4.98 Å². The first-order valence-corrected chi connectivity index (χ1v) is 6.64. The van der Waals surface area contributed by atoms with Crippen molar-refractivity contribution < 1.29 is 9.66 Å². The van der Waals surface area contributed by atoms with Gasteiger partial charge < -0.3 is 15.4 Å². The van der Waals surface area contributed by atoms with E-state index in [1.807, 2.05) is 4.90 Å². The number of nitrogen functional groups attached to an aromatic ring is 1. The summed E-state index contributed by atoms with van der Waals surface area (Å²) < 4.78 is 6.14. The van der Waals surface area contributed by atoms with Gasteiger partial charge in [0.05, 0.1) is 28.4 Å². The van der Waals surface area contributed by atoms with Crippen LogP contribution in [0.15, 0.2) is 12.1 Å². The molecule has 2 N–H and O–H groups in total. The molecule has 1 saturated heterocycles. The molecule has 1 aromatic heterocycles. The maximum atomic E-state index is 11.2. The molecule has 0 atom stereocenters. The predicted octanol–water partition coefficient (Wildman–Crippen LogP) is 1.62. The van der Waals surface area contributed by atoms with E-state index in [0.29, 0.717) is 42.6 Å². The van der Waals surface area contributed by atoms with Crippen LogP contribution in [0, 0.1) is 10.1 Å². The van der Waals surface area contributed by atoms with Gasteiger partial charge >= 0.3 is 0 Å². The summed E-state index contributed by atoms with van der Waals surface area (Å²) in [5, 5.41) is 11.6. The maximum Gasteiger partial charge on any atom is 0.294 e. The highest BCUT2D eigenvalue weighted by molar-refractivity contribution is 7.22. The molecule has 8 heteroatoms. The quantitative estimate of drug-likeness (QED) is 0.663. The molecule has 0 aliphatic carbocycles. The van der Waals surface area contributed by atoms with Gasteiger partial charge in [-0.1, -0.05) is 11.3 Å². The number of nitro benzene ring substituents is 1. The number of anilines is 2. The molecule has 7 nitrogen and oxygen atoms in total. The second-order valence-electron chi connectivity index (χ2n) is 4.22. The fraction of sp³-hybridized carbons (Fsp3) is 0.364. The fourth-order valence-electron chi connectivity index (χ4n) is 2.17. The van der Waals surface area contributed by atoms with Gasteiger partial charge in [0.25, 0.3) is 5.69 Å². The van der Waals surface area contributed by atoms with E-state index in [-0.39, 0.29) is 10.6 Å². The molecular formula is C11H12N4O3S. The number of nitrogens with two attached hydrogens (primary N) is 1. The number of nitro groups is 1. The zero-order valence-corrected chi connectivity index (χ0v) is 10.9. The summed E-state index contributed by atoms with van der Waals surface area (Å²) in [5.41, 5.74) is 6.91. The number of ether oxygens (including phenoxy) is 1. The van der Waals surface area contributed by atoms with Crippen molar-refractivity contribution in [1.29, 1.82) is 0 Å². The summed E-state index contributed by atoms with van der Waals surface area (Å²) in [5.74, 6) is 0. The van der Waals surface area contributed by atoms with E-state index < -0.39 is 0 Å². The summed E-state index contributed by atoms with van der Waals surface area (Å²) >= 11 is 1.34. The molecule has 0 bridgehead atoms. The molecule has 1 aliphatic rings. The number of rotatable bonds is 2. The molecule has 0 saturated carbocycles. The number of fused-ring (bicyclic) bond motifs is 1. The maximum absolute atomic E-state index is 11.2. The van der Waals surface area contributed by atoms with Gasteiger partial charge in [-0.05, 0) is 6.07 Å². The van der Waals surface area contributed by atoms with Crippen LogP contribution >= 0.6 is 11.3 Å². The summed E-state index contributed by atoms with van der Waals surface area (Å²) in [6.07, 6.45) is 0. The lowest BCUT2D eigenvalue weighted by atomic mass is 10.2. The van der Waals surface area contributed by atoms with Crippen molar-refractivity contribution >= 4 is 38.1 Å². The second-order valence-corrected chi connectivity index (χ2v) is 5.28. The summed E-state index contributed by atoms with van der Waals surface area (Å²) in [6, 6.07) is 3.29. The predicted molar refractivity (Wildman–Crippen MR) is 73.7 cm³/mol. The second kappa shape index (κ2) is 4.63. The van der Waals surface area contributed by atoms with Gasteiger partial charge in [-0.15, -0.1) is 0 Å². The van der Waals surface area contributed by atoms with Crippen LogP contribution in [0.5, 0.6) is 0 Å². The van der Waals surface area contributed by atoms with Crippen molar-refractivity contribution in [3.05, 3.63) is 22.2 Å². The van der Waals surface area contributed by atoms with Crippen molar-refractivity contribution in [2.45, 2.75) is 0 Å². The average Bonchev–Trinajstić information content (AvgIpc) is 2.77. The number of hydrogen-bond acceptors (Lipinski definition) is 7. The molecule has 3 rings (SSSR count). The van der Waals surface area contributed by atoms with E-state index in [4.69, 9.17) is 10.5 Å². The number of nitrogens with zero attached hydrogens (tertiary/aromatic N) is 3. The zero-order chi connectivity index (χ0) is 13.4. The van der Waals surface area contributed by atoms with E-state index in [1.54, 1.807) is 6.07 Å². The van der Waals surface area contributed by atoms with Crippen LogP contribution in [-0.4, -0.2) is 36.2 Å². The van der Waals surface area contributed by atoms with E-state index in [0.717, 1.165) is 4.70 Å². The van der Waals surface area contributed by atoms with Gasteiger partial charge in [0, 0.05) is 19.2 Å². The monoisotopic (exact) mass is 280 g/mol. The van der Waals surface area contributed by atoms with Crippen LogP contribution in [-0.2, 0) is 4.74 Å². The Morgan fingerprint density at radius 3 is 2.84 bits per heavy atom. The fourth-order valence-corrected chi connectivity index (χ4v) is 2.92. The number of thiazole rings is 1. The summed E-state index contributed by atoms with van der Waals surface area (Å²) in [7, 11) is 0. The van der Waals surface area contributed by atoms with Gasteiger partial charge in [0.1, 0.15) is 5.69 Å². The van der Waals surface area contributed by atoms with Crippen LogP contribution in [0.1, 0.15) is 0 Å². The molecule has 2 heterocycles. The molecule has 0 unspecified atom stereocenters. The first-order chi connectivity index (χ1) is 9.15. The Morgan fingerprint density at radius 1 is 1.42 bits per heavy atom. The standard InChI is InChI=1S/C11H12N4O3S/c12-11-13-7-5-9(15(16)17)8(6-10(7)19-11)14-1-3-18-4-2-14/h5-6H,1-4H2,(H2,12,13). The SMILES string of the molecule is Nc1nc2cc([N+](=O)[O-])c(N3CCOCC3)cc2s1. The van der Waals surface area contributed by atoms with Crippen LogP contribution in [0.25, 0.3) is 10.2 Å². The molecule has 19 heavy (non-hydrogen) atoms. The normalized spacial score (nSPS) is 15.9. The minimum absolute atomic E-state index is 0.0692. The van der Waals surface area contributed by atoms with E-state index in [1.165, 1.54) is 17.4 Å². The lowest BCUT2D eigenvalue weighted by Crippen LogP contribution is -2.36. The zero-order valence-electron chi connectivity index (χ0n) is 10.0. The summed E-state index contributed by atoms with van der Waals surface area (Å²) in [4.78, 5) is 16.9. The van der Waals surface area contributed by atoms with Crippen LogP contribution in [0.2, 0.25) is 0 Å².